The summed E-state index contributed by atoms with van der Waals surface area (Å²) in [7, 11) is 0. The van der Waals surface area contributed by atoms with E-state index in [2.05, 4.69) is 10.3 Å². The molecule has 0 aromatic carbocycles. The standard InChI is InChI=1S/C15H20ClN3O4/c16-12-1-2-13(18-11-12)21-8-5-17-14(20)19-6-3-15(4-7-19)22-9-10-23-15/h1-2,11H,3-10H2,(H,17,20). The van der Waals surface area contributed by atoms with Crippen molar-refractivity contribution in [2.75, 3.05) is 39.5 Å². The highest BCUT2D eigenvalue weighted by molar-refractivity contribution is 6.30. The van der Waals surface area contributed by atoms with E-state index in [9.17, 15) is 4.79 Å². The summed E-state index contributed by atoms with van der Waals surface area (Å²) in [5.41, 5.74) is 0. The van der Waals surface area contributed by atoms with Gasteiger partial charge >= 0.3 is 6.03 Å². The van der Waals surface area contributed by atoms with Crippen molar-refractivity contribution in [1.29, 1.82) is 0 Å². The van der Waals surface area contributed by atoms with Crippen molar-refractivity contribution in [3.63, 3.8) is 0 Å². The van der Waals surface area contributed by atoms with Crippen molar-refractivity contribution >= 4 is 17.6 Å². The number of carbonyl (C=O) groups is 1. The fourth-order valence-electron chi connectivity index (χ4n) is 2.71. The van der Waals surface area contributed by atoms with Crippen molar-refractivity contribution in [2.45, 2.75) is 18.6 Å². The second-order valence-corrected chi connectivity index (χ2v) is 5.93. The second-order valence-electron chi connectivity index (χ2n) is 5.49. The molecule has 1 aromatic rings. The third-order valence-corrected chi connectivity index (χ3v) is 4.18. The minimum absolute atomic E-state index is 0.0921. The van der Waals surface area contributed by atoms with E-state index in [1.165, 1.54) is 6.20 Å². The number of urea groups is 1. The van der Waals surface area contributed by atoms with Gasteiger partial charge in [0.05, 0.1) is 24.8 Å². The van der Waals surface area contributed by atoms with E-state index in [0.717, 1.165) is 0 Å². The Hall–Kier alpha value is -1.57. The monoisotopic (exact) mass is 341 g/mol. The first-order chi connectivity index (χ1) is 11.2. The molecular weight excluding hydrogens is 322 g/mol. The number of rotatable bonds is 4. The van der Waals surface area contributed by atoms with E-state index in [0.29, 0.717) is 63.2 Å². The maximum atomic E-state index is 12.1. The van der Waals surface area contributed by atoms with Crippen LogP contribution in [0.3, 0.4) is 0 Å². The molecule has 0 bridgehead atoms. The molecule has 2 amide bonds. The van der Waals surface area contributed by atoms with Crippen LogP contribution in [0.2, 0.25) is 5.02 Å². The predicted molar refractivity (Wildman–Crippen MR) is 83.6 cm³/mol. The smallest absolute Gasteiger partial charge is 0.317 e. The maximum Gasteiger partial charge on any atom is 0.317 e. The summed E-state index contributed by atoms with van der Waals surface area (Å²) >= 11 is 5.75. The van der Waals surface area contributed by atoms with Crippen LogP contribution in [0.15, 0.2) is 18.3 Å². The lowest BCUT2D eigenvalue weighted by molar-refractivity contribution is -0.181. The van der Waals surface area contributed by atoms with E-state index in [1.54, 1.807) is 17.0 Å². The van der Waals surface area contributed by atoms with Gasteiger partial charge in [0.2, 0.25) is 5.88 Å². The summed E-state index contributed by atoms with van der Waals surface area (Å²) in [5.74, 6) is 0.0271. The van der Waals surface area contributed by atoms with Gasteiger partial charge in [0.25, 0.3) is 0 Å². The zero-order valence-corrected chi connectivity index (χ0v) is 13.6. The first-order valence-corrected chi connectivity index (χ1v) is 8.10. The fraction of sp³-hybridized carbons (Fsp3) is 0.600. The lowest BCUT2D eigenvalue weighted by Crippen LogP contribution is -2.50. The number of aromatic nitrogens is 1. The Labute approximate surface area is 139 Å². The van der Waals surface area contributed by atoms with E-state index in [-0.39, 0.29) is 6.03 Å². The molecule has 0 radical (unpaired) electrons. The highest BCUT2D eigenvalue weighted by Gasteiger charge is 2.40. The van der Waals surface area contributed by atoms with Crippen LogP contribution < -0.4 is 10.1 Å². The van der Waals surface area contributed by atoms with E-state index < -0.39 is 5.79 Å². The molecule has 23 heavy (non-hydrogen) atoms. The van der Waals surface area contributed by atoms with Crippen molar-refractivity contribution in [3.8, 4) is 5.88 Å². The van der Waals surface area contributed by atoms with Crippen LogP contribution >= 0.6 is 11.6 Å². The molecule has 0 aliphatic carbocycles. The summed E-state index contributed by atoms with van der Waals surface area (Å²) < 4.78 is 16.7. The number of halogens is 1. The second kappa shape index (κ2) is 7.33. The summed E-state index contributed by atoms with van der Waals surface area (Å²) in [6.07, 6.45) is 2.95. The van der Waals surface area contributed by atoms with Gasteiger partial charge in [-0.2, -0.15) is 0 Å². The van der Waals surface area contributed by atoms with Gasteiger partial charge in [0.15, 0.2) is 5.79 Å². The molecule has 3 rings (SSSR count). The fourth-order valence-corrected chi connectivity index (χ4v) is 2.82. The van der Waals surface area contributed by atoms with Crippen molar-refractivity contribution in [1.82, 2.24) is 15.2 Å². The van der Waals surface area contributed by atoms with Gasteiger partial charge < -0.3 is 24.4 Å². The number of hydrogen-bond acceptors (Lipinski definition) is 5. The molecular formula is C15H20ClN3O4. The first-order valence-electron chi connectivity index (χ1n) is 7.72. The van der Waals surface area contributed by atoms with Crippen LogP contribution in [0.25, 0.3) is 0 Å². The van der Waals surface area contributed by atoms with Crippen molar-refractivity contribution in [3.05, 3.63) is 23.4 Å². The third kappa shape index (κ3) is 4.25. The zero-order chi connectivity index (χ0) is 16.1. The number of carbonyl (C=O) groups excluding carboxylic acids is 1. The Morgan fingerprint density at radius 3 is 2.74 bits per heavy atom. The molecule has 0 saturated carbocycles. The average molecular weight is 342 g/mol. The molecule has 1 N–H and O–H groups in total. The molecule has 2 aliphatic heterocycles. The summed E-state index contributed by atoms with van der Waals surface area (Å²) in [6, 6.07) is 3.31. The van der Waals surface area contributed by atoms with Gasteiger partial charge in [-0.05, 0) is 6.07 Å². The number of hydrogen-bond donors (Lipinski definition) is 1. The number of ether oxygens (including phenoxy) is 3. The minimum Gasteiger partial charge on any atom is -0.476 e. The normalized spacial score (nSPS) is 19.8. The summed E-state index contributed by atoms with van der Waals surface area (Å²) in [6.45, 7) is 3.31. The van der Waals surface area contributed by atoms with E-state index >= 15 is 0 Å². The van der Waals surface area contributed by atoms with Gasteiger partial charge in [0, 0.05) is 38.2 Å². The molecule has 2 fully saturated rings. The molecule has 1 aromatic heterocycles. The number of likely N-dealkylation sites (tertiary alicyclic amines) is 1. The molecule has 0 unspecified atom stereocenters. The Kier molecular flexibility index (Phi) is 5.20. The van der Waals surface area contributed by atoms with Gasteiger partial charge in [0.1, 0.15) is 6.61 Å². The highest BCUT2D eigenvalue weighted by Crippen LogP contribution is 2.31. The minimum atomic E-state index is -0.458. The van der Waals surface area contributed by atoms with Crippen molar-refractivity contribution < 1.29 is 19.0 Å². The van der Waals surface area contributed by atoms with Crippen LogP contribution in [-0.2, 0) is 9.47 Å². The lowest BCUT2D eigenvalue weighted by Gasteiger charge is -2.37. The van der Waals surface area contributed by atoms with Crippen LogP contribution in [0.4, 0.5) is 4.79 Å². The predicted octanol–water partition coefficient (Wildman–Crippen LogP) is 1.66. The van der Waals surface area contributed by atoms with Crippen LogP contribution in [0.1, 0.15) is 12.8 Å². The number of nitrogens with one attached hydrogen (secondary N) is 1. The zero-order valence-electron chi connectivity index (χ0n) is 12.8. The molecule has 8 heteroatoms. The highest BCUT2D eigenvalue weighted by atomic mass is 35.5. The average Bonchev–Trinajstić information content (AvgIpc) is 3.02. The molecule has 7 nitrogen and oxygen atoms in total. The maximum absolute atomic E-state index is 12.1. The van der Waals surface area contributed by atoms with E-state index in [1.807, 2.05) is 0 Å². The Balaban J connectivity index is 1.34. The Morgan fingerprint density at radius 1 is 1.35 bits per heavy atom. The van der Waals surface area contributed by atoms with Crippen LogP contribution in [-0.4, -0.2) is 61.2 Å². The molecule has 0 atom stereocenters. The van der Waals surface area contributed by atoms with Gasteiger partial charge in [-0.3, -0.25) is 0 Å². The van der Waals surface area contributed by atoms with Gasteiger partial charge in [-0.1, -0.05) is 11.6 Å². The van der Waals surface area contributed by atoms with E-state index in [4.69, 9.17) is 25.8 Å². The summed E-state index contributed by atoms with van der Waals surface area (Å²) in [4.78, 5) is 17.9. The number of piperidine rings is 1. The number of amides is 2. The Bertz CT molecular complexity index is 524. The van der Waals surface area contributed by atoms with Gasteiger partial charge in [-0.25, -0.2) is 9.78 Å². The molecule has 126 valence electrons. The third-order valence-electron chi connectivity index (χ3n) is 3.95. The largest absolute Gasteiger partial charge is 0.476 e. The quantitative estimate of drug-likeness (QED) is 0.843. The SMILES string of the molecule is O=C(NCCOc1ccc(Cl)cn1)N1CCC2(CC1)OCCO2. The van der Waals surface area contributed by atoms with Gasteiger partial charge in [-0.15, -0.1) is 0 Å². The first kappa shape index (κ1) is 16.3. The molecule has 2 aliphatic rings. The molecule has 1 spiro atoms. The number of pyridine rings is 1. The summed E-state index contributed by atoms with van der Waals surface area (Å²) in [5, 5.41) is 3.40. The Morgan fingerprint density at radius 2 is 2.09 bits per heavy atom. The molecule has 2 saturated heterocycles. The van der Waals surface area contributed by atoms with Crippen LogP contribution in [0.5, 0.6) is 5.88 Å². The topological polar surface area (TPSA) is 72.9 Å². The molecule has 3 heterocycles. The number of nitrogens with zero attached hydrogens (tertiary/aromatic N) is 2. The van der Waals surface area contributed by atoms with Crippen LogP contribution in [0, 0.1) is 0 Å². The van der Waals surface area contributed by atoms with Crippen molar-refractivity contribution in [2.24, 2.45) is 0 Å². The lowest BCUT2D eigenvalue weighted by atomic mass is 10.0.